The quantitative estimate of drug-likeness (QED) is 0.857. The van der Waals surface area contributed by atoms with Gasteiger partial charge in [-0.05, 0) is 37.3 Å². The Bertz CT molecular complexity index is 581. The summed E-state index contributed by atoms with van der Waals surface area (Å²) in [6, 6.07) is 13.3. The lowest BCUT2D eigenvalue weighted by molar-refractivity contribution is 0.272. The second-order valence-electron chi connectivity index (χ2n) is 4.85. The average molecular weight is 287 g/mol. The van der Waals surface area contributed by atoms with Gasteiger partial charge in [0, 0.05) is 11.3 Å². The van der Waals surface area contributed by atoms with E-state index in [1.165, 1.54) is 5.56 Å². The molecule has 2 N–H and O–H groups in total. The Morgan fingerprint density at radius 3 is 2.33 bits per heavy atom. The molecule has 0 bridgehead atoms. The Balaban J connectivity index is 2.29. The predicted octanol–water partition coefficient (Wildman–Crippen LogP) is 3.16. The molecule has 0 radical (unpaired) electrons. The lowest BCUT2D eigenvalue weighted by atomic mass is 10.0. The summed E-state index contributed by atoms with van der Waals surface area (Å²) >= 11 is 0. The maximum atomic E-state index is 9.72. The molecule has 21 heavy (non-hydrogen) atoms. The highest BCUT2D eigenvalue weighted by Gasteiger charge is 2.16. The van der Waals surface area contributed by atoms with E-state index in [9.17, 15) is 5.11 Å². The number of hydrogen-bond acceptors (Lipinski definition) is 4. The number of aryl methyl sites for hydroxylation is 1. The van der Waals surface area contributed by atoms with Crippen molar-refractivity contribution in [2.75, 3.05) is 26.1 Å². The van der Waals surface area contributed by atoms with Crippen LogP contribution in [0.3, 0.4) is 0 Å². The van der Waals surface area contributed by atoms with Gasteiger partial charge in [0.05, 0.1) is 26.9 Å². The van der Waals surface area contributed by atoms with E-state index in [1.807, 2.05) is 49.4 Å². The lowest BCUT2D eigenvalue weighted by Crippen LogP contribution is -2.16. The van der Waals surface area contributed by atoms with Gasteiger partial charge < -0.3 is 19.9 Å². The maximum absolute atomic E-state index is 9.72. The summed E-state index contributed by atoms with van der Waals surface area (Å²) in [6.07, 6.45) is 0. The Kier molecular flexibility index (Phi) is 5.06. The van der Waals surface area contributed by atoms with Gasteiger partial charge >= 0.3 is 0 Å². The number of ether oxygens (including phenoxy) is 2. The highest BCUT2D eigenvalue weighted by molar-refractivity contribution is 5.50. The first kappa shape index (κ1) is 15.2. The monoisotopic (exact) mass is 287 g/mol. The third kappa shape index (κ3) is 3.67. The van der Waals surface area contributed by atoms with Crippen molar-refractivity contribution in [3.05, 3.63) is 53.6 Å². The van der Waals surface area contributed by atoms with Crippen molar-refractivity contribution in [3.8, 4) is 11.5 Å². The maximum Gasteiger partial charge on any atom is 0.124 e. The largest absolute Gasteiger partial charge is 0.497 e. The van der Waals surface area contributed by atoms with Crippen molar-refractivity contribution in [1.29, 1.82) is 0 Å². The zero-order valence-corrected chi connectivity index (χ0v) is 12.6. The summed E-state index contributed by atoms with van der Waals surface area (Å²) in [4.78, 5) is 0. The Hall–Kier alpha value is -2.20. The van der Waals surface area contributed by atoms with E-state index in [2.05, 4.69) is 5.32 Å². The summed E-state index contributed by atoms with van der Waals surface area (Å²) in [5.74, 6) is 1.45. The molecule has 0 aliphatic rings. The van der Waals surface area contributed by atoms with Crippen LogP contribution in [0.5, 0.6) is 11.5 Å². The Morgan fingerprint density at radius 1 is 1.05 bits per heavy atom. The molecule has 2 aromatic carbocycles. The van der Waals surface area contributed by atoms with E-state index >= 15 is 0 Å². The van der Waals surface area contributed by atoms with Gasteiger partial charge in [0.2, 0.25) is 0 Å². The van der Waals surface area contributed by atoms with Crippen LogP contribution < -0.4 is 14.8 Å². The number of nitrogens with one attached hydrogen (secondary N) is 1. The van der Waals surface area contributed by atoms with E-state index < -0.39 is 0 Å². The van der Waals surface area contributed by atoms with Crippen LogP contribution in [0.15, 0.2) is 42.5 Å². The average Bonchev–Trinajstić information content (AvgIpc) is 2.53. The summed E-state index contributed by atoms with van der Waals surface area (Å²) in [7, 11) is 3.23. The van der Waals surface area contributed by atoms with E-state index in [4.69, 9.17) is 9.47 Å². The number of aliphatic hydroxyl groups is 1. The van der Waals surface area contributed by atoms with Crippen molar-refractivity contribution in [3.63, 3.8) is 0 Å². The first-order chi connectivity index (χ1) is 10.2. The topological polar surface area (TPSA) is 50.7 Å². The second-order valence-corrected chi connectivity index (χ2v) is 4.85. The smallest absolute Gasteiger partial charge is 0.124 e. The third-order valence-corrected chi connectivity index (χ3v) is 3.39. The fourth-order valence-electron chi connectivity index (χ4n) is 2.18. The number of aliphatic hydroxyl groups excluding tert-OH is 1. The number of hydrogen-bond donors (Lipinski definition) is 2. The summed E-state index contributed by atoms with van der Waals surface area (Å²) in [5.41, 5.74) is 3.00. The molecule has 4 nitrogen and oxygen atoms in total. The standard InChI is InChI=1S/C17H21NO3/c1-12-4-6-13(7-5-12)18-16(11-19)15-10-14(20-2)8-9-17(15)21-3/h4-10,16,18-19H,11H2,1-3H3. The molecule has 0 saturated carbocycles. The van der Waals surface area contributed by atoms with Crippen molar-refractivity contribution in [1.82, 2.24) is 0 Å². The molecule has 112 valence electrons. The first-order valence-corrected chi connectivity index (χ1v) is 6.84. The Labute approximate surface area is 125 Å². The molecule has 0 aromatic heterocycles. The fraction of sp³-hybridized carbons (Fsp3) is 0.294. The normalized spacial score (nSPS) is 11.8. The predicted molar refractivity (Wildman–Crippen MR) is 84.2 cm³/mol. The highest BCUT2D eigenvalue weighted by Crippen LogP contribution is 2.31. The van der Waals surface area contributed by atoms with Crippen molar-refractivity contribution < 1.29 is 14.6 Å². The van der Waals surface area contributed by atoms with E-state index in [0.717, 1.165) is 22.7 Å². The number of methoxy groups -OCH3 is 2. The third-order valence-electron chi connectivity index (χ3n) is 3.39. The minimum Gasteiger partial charge on any atom is -0.497 e. The van der Waals surface area contributed by atoms with Crippen LogP contribution in [-0.2, 0) is 0 Å². The molecular formula is C17H21NO3. The molecule has 0 amide bonds. The molecule has 0 heterocycles. The number of anilines is 1. The summed E-state index contributed by atoms with van der Waals surface area (Å²) in [5, 5.41) is 13.0. The molecule has 2 rings (SSSR count). The van der Waals surface area contributed by atoms with Crippen molar-refractivity contribution in [2.24, 2.45) is 0 Å². The molecule has 1 atom stereocenters. The molecule has 2 aromatic rings. The summed E-state index contributed by atoms with van der Waals surface area (Å²) in [6.45, 7) is 2.00. The van der Waals surface area contributed by atoms with Gasteiger partial charge in [-0.1, -0.05) is 17.7 Å². The fourth-order valence-corrected chi connectivity index (χ4v) is 2.18. The number of rotatable bonds is 6. The molecule has 0 aliphatic heterocycles. The van der Waals surface area contributed by atoms with Gasteiger partial charge in [0.1, 0.15) is 11.5 Å². The van der Waals surface area contributed by atoms with Crippen LogP contribution in [-0.4, -0.2) is 25.9 Å². The van der Waals surface area contributed by atoms with E-state index in [-0.39, 0.29) is 12.6 Å². The van der Waals surface area contributed by atoms with Crippen LogP contribution in [0, 0.1) is 6.92 Å². The van der Waals surface area contributed by atoms with Gasteiger partial charge in [-0.15, -0.1) is 0 Å². The zero-order chi connectivity index (χ0) is 15.2. The van der Waals surface area contributed by atoms with E-state index in [1.54, 1.807) is 14.2 Å². The van der Waals surface area contributed by atoms with E-state index in [0.29, 0.717) is 0 Å². The first-order valence-electron chi connectivity index (χ1n) is 6.84. The summed E-state index contributed by atoms with van der Waals surface area (Å²) < 4.78 is 10.6. The minimum atomic E-state index is -0.266. The lowest BCUT2D eigenvalue weighted by Gasteiger charge is -2.21. The molecule has 0 aliphatic carbocycles. The van der Waals surface area contributed by atoms with Gasteiger partial charge in [-0.3, -0.25) is 0 Å². The molecule has 0 fully saturated rings. The van der Waals surface area contributed by atoms with Gasteiger partial charge in [-0.25, -0.2) is 0 Å². The minimum absolute atomic E-state index is 0.0442. The molecule has 4 heteroatoms. The highest BCUT2D eigenvalue weighted by atomic mass is 16.5. The van der Waals surface area contributed by atoms with Crippen LogP contribution in [0.4, 0.5) is 5.69 Å². The van der Waals surface area contributed by atoms with Crippen LogP contribution >= 0.6 is 0 Å². The van der Waals surface area contributed by atoms with Gasteiger partial charge in [0.15, 0.2) is 0 Å². The molecule has 0 spiro atoms. The van der Waals surface area contributed by atoms with Crippen LogP contribution in [0.25, 0.3) is 0 Å². The molecule has 1 unspecified atom stereocenters. The van der Waals surface area contributed by atoms with Crippen molar-refractivity contribution in [2.45, 2.75) is 13.0 Å². The SMILES string of the molecule is COc1ccc(OC)c(C(CO)Nc2ccc(C)cc2)c1. The van der Waals surface area contributed by atoms with Gasteiger partial charge in [-0.2, -0.15) is 0 Å². The van der Waals surface area contributed by atoms with Crippen LogP contribution in [0.1, 0.15) is 17.2 Å². The van der Waals surface area contributed by atoms with Crippen molar-refractivity contribution >= 4 is 5.69 Å². The zero-order valence-electron chi connectivity index (χ0n) is 12.6. The van der Waals surface area contributed by atoms with Gasteiger partial charge in [0.25, 0.3) is 0 Å². The Morgan fingerprint density at radius 2 is 1.76 bits per heavy atom. The second kappa shape index (κ2) is 6.99. The number of benzene rings is 2. The molecular weight excluding hydrogens is 266 g/mol. The van der Waals surface area contributed by atoms with Crippen LogP contribution in [0.2, 0.25) is 0 Å². The molecule has 0 saturated heterocycles.